The Balaban J connectivity index is 0.00000484. The van der Waals surface area contributed by atoms with Gasteiger partial charge in [0.25, 0.3) is 0 Å². The van der Waals surface area contributed by atoms with Crippen molar-refractivity contribution in [1.82, 2.24) is 10.0 Å². The minimum absolute atomic E-state index is 0. The maximum atomic E-state index is 12.0. The number of hydrogen-bond donors (Lipinski definition) is 3. The molecule has 1 atom stereocenters. The van der Waals surface area contributed by atoms with E-state index in [1.54, 1.807) is 19.1 Å². The van der Waals surface area contributed by atoms with E-state index in [2.05, 4.69) is 10.0 Å². The SMILES string of the molecule is CC(C)CNS(=O)(=O)c1ccc(CNC(=O)CC(C)N)cc1.Cl. The number of nitrogens with one attached hydrogen (secondary N) is 2. The molecular formula is C15H26ClN3O3S. The number of carbonyl (C=O) groups excluding carboxylic acids is 1. The lowest BCUT2D eigenvalue weighted by atomic mass is 10.2. The Hall–Kier alpha value is -1.15. The molecule has 0 heterocycles. The third-order valence-electron chi connectivity index (χ3n) is 2.91. The molecule has 8 heteroatoms. The summed E-state index contributed by atoms with van der Waals surface area (Å²) in [5.74, 6) is 0.125. The number of benzene rings is 1. The summed E-state index contributed by atoms with van der Waals surface area (Å²) in [5.41, 5.74) is 6.38. The van der Waals surface area contributed by atoms with E-state index < -0.39 is 10.0 Å². The van der Waals surface area contributed by atoms with Gasteiger partial charge in [-0.1, -0.05) is 26.0 Å². The van der Waals surface area contributed by atoms with Crippen molar-refractivity contribution < 1.29 is 13.2 Å². The molecule has 0 aliphatic heterocycles. The van der Waals surface area contributed by atoms with E-state index in [1.807, 2.05) is 13.8 Å². The molecule has 1 unspecified atom stereocenters. The van der Waals surface area contributed by atoms with E-state index in [0.29, 0.717) is 13.1 Å². The topological polar surface area (TPSA) is 101 Å². The summed E-state index contributed by atoms with van der Waals surface area (Å²) in [7, 11) is -3.47. The Kier molecular flexibility index (Phi) is 9.38. The van der Waals surface area contributed by atoms with Crippen LogP contribution >= 0.6 is 12.4 Å². The molecule has 0 aliphatic rings. The summed E-state index contributed by atoms with van der Waals surface area (Å²) in [6, 6.07) is 6.27. The third kappa shape index (κ3) is 8.31. The van der Waals surface area contributed by atoms with Crippen molar-refractivity contribution in [2.24, 2.45) is 11.7 Å². The van der Waals surface area contributed by atoms with Crippen molar-refractivity contribution in [2.45, 2.75) is 44.7 Å². The molecule has 1 aromatic rings. The summed E-state index contributed by atoms with van der Waals surface area (Å²) < 4.78 is 26.6. The first-order valence-corrected chi connectivity index (χ1v) is 8.80. The Morgan fingerprint density at radius 1 is 1.17 bits per heavy atom. The summed E-state index contributed by atoms with van der Waals surface area (Å²) in [6.07, 6.45) is 0.269. The van der Waals surface area contributed by atoms with Crippen molar-refractivity contribution in [3.63, 3.8) is 0 Å². The van der Waals surface area contributed by atoms with Crippen LogP contribution in [-0.2, 0) is 21.4 Å². The molecule has 1 aromatic carbocycles. The fraction of sp³-hybridized carbons (Fsp3) is 0.533. The molecule has 0 saturated carbocycles. The Morgan fingerprint density at radius 3 is 2.22 bits per heavy atom. The number of carbonyl (C=O) groups is 1. The molecular weight excluding hydrogens is 338 g/mol. The summed E-state index contributed by atoms with van der Waals surface area (Å²) >= 11 is 0. The number of rotatable bonds is 8. The maximum absolute atomic E-state index is 12.0. The third-order valence-corrected chi connectivity index (χ3v) is 4.35. The molecule has 1 amide bonds. The van der Waals surface area contributed by atoms with Crippen LogP contribution in [0.15, 0.2) is 29.2 Å². The van der Waals surface area contributed by atoms with Crippen molar-refractivity contribution >= 4 is 28.3 Å². The first-order valence-electron chi connectivity index (χ1n) is 7.31. The van der Waals surface area contributed by atoms with Crippen LogP contribution in [0.3, 0.4) is 0 Å². The van der Waals surface area contributed by atoms with Crippen molar-refractivity contribution in [2.75, 3.05) is 6.54 Å². The van der Waals surface area contributed by atoms with Crippen molar-refractivity contribution in [3.05, 3.63) is 29.8 Å². The molecule has 1 rings (SSSR count). The van der Waals surface area contributed by atoms with Gasteiger partial charge in [0, 0.05) is 25.6 Å². The van der Waals surface area contributed by atoms with Crippen LogP contribution in [-0.4, -0.2) is 26.9 Å². The number of nitrogens with two attached hydrogens (primary N) is 1. The van der Waals surface area contributed by atoms with Gasteiger partial charge in [-0.3, -0.25) is 4.79 Å². The molecule has 0 radical (unpaired) electrons. The quantitative estimate of drug-likeness (QED) is 0.649. The predicted octanol–water partition coefficient (Wildman–Crippen LogP) is 1.40. The second-order valence-corrected chi connectivity index (χ2v) is 7.61. The van der Waals surface area contributed by atoms with Crippen LogP contribution < -0.4 is 15.8 Å². The number of amides is 1. The summed E-state index contributed by atoms with van der Waals surface area (Å²) in [4.78, 5) is 11.7. The predicted molar refractivity (Wildman–Crippen MR) is 93.8 cm³/mol. The zero-order chi connectivity index (χ0) is 16.8. The van der Waals surface area contributed by atoms with Gasteiger partial charge in [0.1, 0.15) is 0 Å². The number of sulfonamides is 1. The van der Waals surface area contributed by atoms with Crippen molar-refractivity contribution in [1.29, 1.82) is 0 Å². The minimum atomic E-state index is -3.47. The molecule has 0 spiro atoms. The van der Waals surface area contributed by atoms with Crippen LogP contribution in [0.2, 0.25) is 0 Å². The minimum Gasteiger partial charge on any atom is -0.352 e. The molecule has 0 aliphatic carbocycles. The van der Waals surface area contributed by atoms with Gasteiger partial charge < -0.3 is 11.1 Å². The van der Waals surface area contributed by atoms with Crippen LogP contribution in [0.4, 0.5) is 0 Å². The molecule has 4 N–H and O–H groups in total. The second-order valence-electron chi connectivity index (χ2n) is 5.85. The van der Waals surface area contributed by atoms with Gasteiger partial charge in [-0.2, -0.15) is 0 Å². The monoisotopic (exact) mass is 363 g/mol. The average molecular weight is 364 g/mol. The molecule has 0 saturated heterocycles. The smallest absolute Gasteiger partial charge is 0.240 e. The fourth-order valence-electron chi connectivity index (χ4n) is 1.71. The van der Waals surface area contributed by atoms with Gasteiger partial charge in [-0.05, 0) is 30.5 Å². The molecule has 0 fully saturated rings. The summed E-state index contributed by atoms with van der Waals surface area (Å²) in [5, 5.41) is 2.74. The lowest BCUT2D eigenvalue weighted by Gasteiger charge is -2.10. The van der Waals surface area contributed by atoms with Gasteiger partial charge >= 0.3 is 0 Å². The highest BCUT2D eigenvalue weighted by Crippen LogP contribution is 2.11. The molecule has 132 valence electrons. The zero-order valence-electron chi connectivity index (χ0n) is 13.7. The van der Waals surface area contributed by atoms with Crippen LogP contribution in [0, 0.1) is 5.92 Å². The van der Waals surface area contributed by atoms with E-state index >= 15 is 0 Å². The standard InChI is InChI=1S/C15H25N3O3S.ClH/c1-11(2)9-18-22(20,21)14-6-4-13(5-7-14)10-17-15(19)8-12(3)16;/h4-7,11-12,18H,8-10,16H2,1-3H3,(H,17,19);1H. The lowest BCUT2D eigenvalue weighted by molar-refractivity contribution is -0.121. The van der Waals surface area contributed by atoms with E-state index in [1.165, 1.54) is 12.1 Å². The van der Waals surface area contributed by atoms with E-state index in [-0.39, 0.29) is 41.6 Å². The zero-order valence-corrected chi connectivity index (χ0v) is 15.3. The van der Waals surface area contributed by atoms with Crippen LogP contribution in [0.25, 0.3) is 0 Å². The normalized spacial score (nSPS) is 12.6. The number of hydrogen-bond acceptors (Lipinski definition) is 4. The van der Waals surface area contributed by atoms with Crippen molar-refractivity contribution in [3.8, 4) is 0 Å². The molecule has 23 heavy (non-hydrogen) atoms. The lowest BCUT2D eigenvalue weighted by Crippen LogP contribution is -2.29. The maximum Gasteiger partial charge on any atom is 0.240 e. The Labute approximate surface area is 144 Å². The Morgan fingerprint density at radius 2 is 1.74 bits per heavy atom. The average Bonchev–Trinajstić information content (AvgIpc) is 2.43. The molecule has 6 nitrogen and oxygen atoms in total. The first kappa shape index (κ1) is 21.9. The fourth-order valence-corrected chi connectivity index (χ4v) is 2.93. The van der Waals surface area contributed by atoms with Crippen LogP contribution in [0.1, 0.15) is 32.8 Å². The molecule has 0 bridgehead atoms. The van der Waals surface area contributed by atoms with Gasteiger partial charge in [-0.15, -0.1) is 12.4 Å². The van der Waals surface area contributed by atoms with Crippen LogP contribution in [0.5, 0.6) is 0 Å². The first-order chi connectivity index (χ1) is 10.2. The molecule has 0 aromatic heterocycles. The van der Waals surface area contributed by atoms with E-state index in [0.717, 1.165) is 5.56 Å². The highest BCUT2D eigenvalue weighted by Gasteiger charge is 2.14. The highest BCUT2D eigenvalue weighted by molar-refractivity contribution is 7.89. The highest BCUT2D eigenvalue weighted by atomic mass is 35.5. The van der Waals surface area contributed by atoms with Gasteiger partial charge in [0.05, 0.1) is 4.90 Å². The van der Waals surface area contributed by atoms with Gasteiger partial charge in [-0.25, -0.2) is 13.1 Å². The number of halogens is 1. The second kappa shape index (κ2) is 9.87. The summed E-state index contributed by atoms with van der Waals surface area (Å²) in [6.45, 7) is 6.40. The van der Waals surface area contributed by atoms with E-state index in [9.17, 15) is 13.2 Å². The Bertz CT molecular complexity index is 586. The van der Waals surface area contributed by atoms with Gasteiger partial charge in [0.2, 0.25) is 15.9 Å². The van der Waals surface area contributed by atoms with E-state index in [4.69, 9.17) is 5.73 Å². The van der Waals surface area contributed by atoms with Gasteiger partial charge in [0.15, 0.2) is 0 Å². The largest absolute Gasteiger partial charge is 0.352 e.